The predicted molar refractivity (Wildman–Crippen MR) is 216 cm³/mol. The second-order valence-electron chi connectivity index (χ2n) is 14.5. The van der Waals surface area contributed by atoms with Gasteiger partial charge in [0.2, 0.25) is 0 Å². The lowest BCUT2D eigenvalue weighted by Crippen LogP contribution is -2.17. The normalized spacial score (nSPS) is 13.3. The van der Waals surface area contributed by atoms with E-state index in [1.807, 2.05) is 6.07 Å². The Balaban J connectivity index is 1.20. The van der Waals surface area contributed by atoms with Gasteiger partial charge >= 0.3 is 0 Å². The van der Waals surface area contributed by atoms with Gasteiger partial charge in [0, 0.05) is 49.2 Å². The van der Waals surface area contributed by atoms with Crippen molar-refractivity contribution in [2.45, 2.75) is 19.3 Å². The molecule has 1 aliphatic carbocycles. The van der Waals surface area contributed by atoms with E-state index in [-0.39, 0.29) is 5.41 Å². The zero-order valence-electron chi connectivity index (χ0n) is 28.9. The minimum Gasteiger partial charge on any atom is -0.455 e. The Kier molecular flexibility index (Phi) is 6.01. The summed E-state index contributed by atoms with van der Waals surface area (Å²) in [5.74, 6) is 0. The van der Waals surface area contributed by atoms with Crippen LogP contribution >= 0.6 is 0 Å². The Morgan fingerprint density at radius 3 is 1.94 bits per heavy atom. The molecule has 52 heavy (non-hydrogen) atoms. The molecule has 0 atom stereocenters. The number of para-hydroxylation sites is 4. The summed E-state index contributed by atoms with van der Waals surface area (Å²) in [5.41, 5.74) is 13.9. The number of hydrogen-bond acceptors (Lipinski definition) is 3. The summed E-state index contributed by atoms with van der Waals surface area (Å²) in [6.45, 7) is 4.68. The molecule has 2 heterocycles. The van der Waals surface area contributed by atoms with Crippen LogP contribution in [0.1, 0.15) is 25.0 Å². The van der Waals surface area contributed by atoms with Gasteiger partial charge in [-0.15, -0.1) is 0 Å². The van der Waals surface area contributed by atoms with Gasteiger partial charge in [0.25, 0.3) is 0 Å². The van der Waals surface area contributed by atoms with E-state index in [2.05, 4.69) is 176 Å². The van der Waals surface area contributed by atoms with Crippen LogP contribution in [0.5, 0.6) is 0 Å². The number of furan rings is 2. The highest BCUT2D eigenvalue weighted by Gasteiger charge is 2.36. The van der Waals surface area contributed by atoms with Gasteiger partial charge in [0.1, 0.15) is 16.7 Å². The van der Waals surface area contributed by atoms with Crippen molar-refractivity contribution in [1.82, 2.24) is 0 Å². The number of hydrogen-bond donors (Lipinski definition) is 0. The van der Waals surface area contributed by atoms with Crippen molar-refractivity contribution in [2.24, 2.45) is 0 Å². The first-order valence-corrected chi connectivity index (χ1v) is 17.9. The average Bonchev–Trinajstić information content (AvgIpc) is 3.84. The van der Waals surface area contributed by atoms with Gasteiger partial charge in [-0.05, 0) is 64.0 Å². The molecule has 0 unspecified atom stereocenters. The van der Waals surface area contributed by atoms with Crippen molar-refractivity contribution in [1.29, 1.82) is 0 Å². The summed E-state index contributed by atoms with van der Waals surface area (Å²) in [6.07, 6.45) is 0. The number of fused-ring (bicyclic) bond motifs is 11. The molecule has 3 heteroatoms. The van der Waals surface area contributed by atoms with E-state index >= 15 is 0 Å². The molecule has 0 bridgehead atoms. The Bertz CT molecular complexity index is 3070. The van der Waals surface area contributed by atoms with Crippen LogP contribution in [0.4, 0.5) is 17.1 Å². The summed E-state index contributed by atoms with van der Waals surface area (Å²) >= 11 is 0. The highest BCUT2D eigenvalue weighted by Crippen LogP contribution is 2.52. The van der Waals surface area contributed by atoms with Crippen LogP contribution in [0.15, 0.2) is 173 Å². The molecule has 8 aromatic carbocycles. The fourth-order valence-corrected chi connectivity index (χ4v) is 8.78. The number of benzene rings is 8. The second-order valence-corrected chi connectivity index (χ2v) is 14.5. The molecular weight excluding hydrogens is 635 g/mol. The van der Waals surface area contributed by atoms with Crippen LogP contribution in [0.2, 0.25) is 0 Å². The van der Waals surface area contributed by atoms with Crippen molar-refractivity contribution < 1.29 is 8.83 Å². The molecule has 10 aromatic rings. The van der Waals surface area contributed by atoms with Gasteiger partial charge in [-0.3, -0.25) is 0 Å². The number of anilines is 3. The van der Waals surface area contributed by atoms with E-state index in [4.69, 9.17) is 8.83 Å². The van der Waals surface area contributed by atoms with Crippen LogP contribution in [-0.2, 0) is 5.41 Å². The summed E-state index contributed by atoms with van der Waals surface area (Å²) in [5, 5.41) is 6.72. The van der Waals surface area contributed by atoms with Crippen molar-refractivity contribution in [2.75, 3.05) is 4.90 Å². The Morgan fingerprint density at radius 2 is 1.04 bits per heavy atom. The van der Waals surface area contributed by atoms with Crippen LogP contribution in [0.25, 0.3) is 76.9 Å². The first-order valence-electron chi connectivity index (χ1n) is 17.9. The summed E-state index contributed by atoms with van der Waals surface area (Å²) in [6, 6.07) is 58.6. The van der Waals surface area contributed by atoms with Gasteiger partial charge in [0.05, 0.1) is 11.4 Å². The van der Waals surface area contributed by atoms with Crippen molar-refractivity contribution >= 4 is 71.7 Å². The van der Waals surface area contributed by atoms with E-state index in [0.717, 1.165) is 77.5 Å². The molecule has 0 fully saturated rings. The largest absolute Gasteiger partial charge is 0.455 e. The molecule has 2 aromatic heterocycles. The molecule has 0 radical (unpaired) electrons. The molecule has 3 nitrogen and oxygen atoms in total. The topological polar surface area (TPSA) is 29.5 Å². The highest BCUT2D eigenvalue weighted by molar-refractivity contribution is 6.18. The first kappa shape index (κ1) is 29.2. The first-order chi connectivity index (χ1) is 25.6. The zero-order valence-corrected chi connectivity index (χ0v) is 28.9. The molecule has 1 aliphatic rings. The lowest BCUT2D eigenvalue weighted by atomic mass is 9.82. The lowest BCUT2D eigenvalue weighted by molar-refractivity contribution is 0.660. The summed E-state index contributed by atoms with van der Waals surface area (Å²) in [7, 11) is 0. The minimum absolute atomic E-state index is 0.152. The second kappa shape index (κ2) is 10.7. The molecule has 0 spiro atoms. The highest BCUT2D eigenvalue weighted by atomic mass is 16.3. The van der Waals surface area contributed by atoms with Crippen molar-refractivity contribution in [3.8, 4) is 22.3 Å². The van der Waals surface area contributed by atoms with Crippen molar-refractivity contribution in [3.05, 3.63) is 175 Å². The minimum atomic E-state index is -0.152. The van der Waals surface area contributed by atoms with Crippen LogP contribution in [0.3, 0.4) is 0 Å². The maximum Gasteiger partial charge on any atom is 0.159 e. The Morgan fingerprint density at radius 1 is 0.404 bits per heavy atom. The van der Waals surface area contributed by atoms with E-state index in [0.29, 0.717) is 0 Å². The van der Waals surface area contributed by atoms with E-state index in [1.165, 1.54) is 27.6 Å². The molecule has 0 saturated carbocycles. The standard InChI is InChI=1S/C49H33NO2/c1-49(2)41-21-8-5-15-33(41)34-28-26-31(29-42(34)49)50(44-23-12-20-38-36-17-7-10-24-45(36)51-48(38)44)43-22-9-6-16-35(43)37-18-11-19-39-40-27-25-30-13-3-4-14-32(30)46(40)52-47(37)39/h3-29H,1-2H3. The number of rotatable bonds is 4. The van der Waals surface area contributed by atoms with Gasteiger partial charge < -0.3 is 13.7 Å². The SMILES string of the molecule is CC1(C)c2ccccc2-c2ccc(N(c3ccccc3-c3cccc4c3oc3c5ccccc5ccc43)c3cccc4c3oc3ccccc34)cc21. The monoisotopic (exact) mass is 667 g/mol. The van der Waals surface area contributed by atoms with Gasteiger partial charge in [-0.1, -0.05) is 141 Å². The molecule has 11 rings (SSSR count). The summed E-state index contributed by atoms with van der Waals surface area (Å²) in [4.78, 5) is 2.39. The van der Waals surface area contributed by atoms with Gasteiger partial charge in [-0.25, -0.2) is 0 Å². The summed E-state index contributed by atoms with van der Waals surface area (Å²) < 4.78 is 13.6. The Hall–Kier alpha value is -6.58. The lowest BCUT2D eigenvalue weighted by Gasteiger charge is -2.29. The van der Waals surface area contributed by atoms with E-state index < -0.39 is 0 Å². The van der Waals surface area contributed by atoms with Crippen LogP contribution < -0.4 is 4.90 Å². The van der Waals surface area contributed by atoms with Crippen molar-refractivity contribution in [3.63, 3.8) is 0 Å². The molecule has 0 amide bonds. The van der Waals surface area contributed by atoms with Gasteiger partial charge in [0.15, 0.2) is 5.58 Å². The molecule has 0 aliphatic heterocycles. The third-order valence-electron chi connectivity index (χ3n) is 11.3. The molecule has 0 N–H and O–H groups in total. The maximum atomic E-state index is 6.89. The molecular formula is C49H33NO2. The van der Waals surface area contributed by atoms with E-state index in [9.17, 15) is 0 Å². The van der Waals surface area contributed by atoms with Crippen LogP contribution in [-0.4, -0.2) is 0 Å². The maximum absolute atomic E-state index is 6.89. The fourth-order valence-electron chi connectivity index (χ4n) is 8.78. The predicted octanol–water partition coefficient (Wildman–Crippen LogP) is 14.1. The average molecular weight is 668 g/mol. The smallest absolute Gasteiger partial charge is 0.159 e. The third-order valence-corrected chi connectivity index (χ3v) is 11.3. The van der Waals surface area contributed by atoms with Crippen LogP contribution in [0, 0.1) is 0 Å². The fraction of sp³-hybridized carbons (Fsp3) is 0.0612. The van der Waals surface area contributed by atoms with E-state index in [1.54, 1.807) is 0 Å². The quantitative estimate of drug-likeness (QED) is 0.187. The molecule has 246 valence electrons. The Labute approximate surface area is 301 Å². The van der Waals surface area contributed by atoms with Gasteiger partial charge in [-0.2, -0.15) is 0 Å². The number of nitrogens with zero attached hydrogens (tertiary/aromatic N) is 1. The molecule has 0 saturated heterocycles. The zero-order chi connectivity index (χ0) is 34.6. The third kappa shape index (κ3) is 4.02.